The molecule has 0 amide bonds. The predicted octanol–water partition coefficient (Wildman–Crippen LogP) is 2.24. The fourth-order valence-corrected chi connectivity index (χ4v) is 1.69. The highest BCUT2D eigenvalue weighted by molar-refractivity contribution is 5.42. The van der Waals surface area contributed by atoms with Crippen molar-refractivity contribution in [2.24, 2.45) is 0 Å². The molecular formula is C12H15NO. The lowest BCUT2D eigenvalue weighted by molar-refractivity contribution is 0.321. The zero-order valence-corrected chi connectivity index (χ0v) is 8.25. The van der Waals surface area contributed by atoms with Crippen LogP contribution in [0.3, 0.4) is 0 Å². The van der Waals surface area contributed by atoms with Gasteiger partial charge in [-0.3, -0.25) is 0 Å². The van der Waals surface area contributed by atoms with E-state index in [1.807, 2.05) is 12.1 Å². The Morgan fingerprint density at radius 1 is 1.43 bits per heavy atom. The van der Waals surface area contributed by atoms with E-state index in [2.05, 4.69) is 24.0 Å². The second kappa shape index (κ2) is 4.29. The first-order valence-electron chi connectivity index (χ1n) is 4.97. The molecule has 0 aromatic heterocycles. The fraction of sp³-hybridized carbons (Fsp3) is 0.333. The van der Waals surface area contributed by atoms with E-state index in [1.54, 1.807) is 0 Å². The Hall–Kier alpha value is -1.28. The molecule has 1 aromatic carbocycles. The van der Waals surface area contributed by atoms with Crippen LogP contribution in [0.25, 0.3) is 0 Å². The van der Waals surface area contributed by atoms with Gasteiger partial charge in [0.25, 0.3) is 0 Å². The van der Waals surface area contributed by atoms with Gasteiger partial charge in [0.1, 0.15) is 5.75 Å². The molecule has 0 radical (unpaired) electrons. The van der Waals surface area contributed by atoms with Crippen LogP contribution >= 0.6 is 0 Å². The van der Waals surface area contributed by atoms with Gasteiger partial charge in [0.2, 0.25) is 0 Å². The van der Waals surface area contributed by atoms with Crippen molar-refractivity contribution in [3.05, 3.63) is 42.0 Å². The van der Waals surface area contributed by atoms with Crippen LogP contribution in [0.4, 0.5) is 0 Å². The first kappa shape index (κ1) is 9.28. The highest BCUT2D eigenvalue weighted by atomic mass is 16.5. The number of hydrogen-bond donors (Lipinski definition) is 1. The molecular weight excluding hydrogens is 174 g/mol. The van der Waals surface area contributed by atoms with Crippen LogP contribution in [-0.4, -0.2) is 6.61 Å². The normalized spacial score (nSPS) is 13.7. The van der Waals surface area contributed by atoms with Crippen molar-refractivity contribution in [1.82, 2.24) is 5.32 Å². The van der Waals surface area contributed by atoms with Crippen LogP contribution in [0.2, 0.25) is 0 Å². The lowest BCUT2D eigenvalue weighted by Gasteiger charge is -2.08. The Bertz CT molecular complexity index is 333. The molecule has 0 spiro atoms. The average molecular weight is 189 g/mol. The molecule has 2 heteroatoms. The average Bonchev–Trinajstić information content (AvgIpc) is 2.67. The molecule has 0 unspecified atom stereocenters. The Balaban J connectivity index is 2.10. The minimum atomic E-state index is 0.722. The lowest BCUT2D eigenvalue weighted by Crippen LogP contribution is -2.02. The van der Waals surface area contributed by atoms with Crippen LogP contribution in [0.15, 0.2) is 30.9 Å². The number of rotatable bonds is 4. The quantitative estimate of drug-likeness (QED) is 0.579. The van der Waals surface area contributed by atoms with Crippen molar-refractivity contribution in [2.75, 3.05) is 6.61 Å². The summed E-state index contributed by atoms with van der Waals surface area (Å²) >= 11 is 0. The topological polar surface area (TPSA) is 21.3 Å². The Labute approximate surface area is 84.6 Å². The second-order valence-corrected chi connectivity index (χ2v) is 3.42. The number of hydrogen-bond acceptors (Lipinski definition) is 2. The van der Waals surface area contributed by atoms with E-state index >= 15 is 0 Å². The third-order valence-electron chi connectivity index (χ3n) is 2.43. The van der Waals surface area contributed by atoms with E-state index in [0.29, 0.717) is 0 Å². The highest BCUT2D eigenvalue weighted by Gasteiger charge is 2.13. The molecule has 0 bridgehead atoms. The Morgan fingerprint density at radius 3 is 3.21 bits per heavy atom. The molecule has 0 fully saturated rings. The molecule has 1 N–H and O–H groups in total. The molecule has 0 aliphatic carbocycles. The SMILES string of the molecule is C=CCCOc1cccc2c1CNC2. The molecule has 1 aliphatic heterocycles. The third kappa shape index (κ3) is 1.80. The summed E-state index contributed by atoms with van der Waals surface area (Å²) in [7, 11) is 0. The van der Waals surface area contributed by atoms with Crippen molar-refractivity contribution in [3.63, 3.8) is 0 Å². The van der Waals surface area contributed by atoms with Crippen molar-refractivity contribution >= 4 is 0 Å². The summed E-state index contributed by atoms with van der Waals surface area (Å²) in [5.41, 5.74) is 2.68. The van der Waals surface area contributed by atoms with E-state index in [9.17, 15) is 0 Å². The second-order valence-electron chi connectivity index (χ2n) is 3.42. The van der Waals surface area contributed by atoms with Crippen LogP contribution in [0, 0.1) is 0 Å². The van der Waals surface area contributed by atoms with Gasteiger partial charge >= 0.3 is 0 Å². The molecule has 2 nitrogen and oxygen atoms in total. The molecule has 1 heterocycles. The maximum absolute atomic E-state index is 5.68. The summed E-state index contributed by atoms with van der Waals surface area (Å²) in [6.45, 7) is 6.29. The van der Waals surface area contributed by atoms with Gasteiger partial charge < -0.3 is 10.1 Å². The van der Waals surface area contributed by atoms with Gasteiger partial charge in [-0.15, -0.1) is 6.58 Å². The maximum Gasteiger partial charge on any atom is 0.124 e. The largest absolute Gasteiger partial charge is 0.493 e. The maximum atomic E-state index is 5.68. The van der Waals surface area contributed by atoms with E-state index < -0.39 is 0 Å². The van der Waals surface area contributed by atoms with Crippen molar-refractivity contribution < 1.29 is 4.74 Å². The first-order chi connectivity index (χ1) is 6.92. The van der Waals surface area contributed by atoms with Crippen LogP contribution in [0.1, 0.15) is 17.5 Å². The number of fused-ring (bicyclic) bond motifs is 1. The van der Waals surface area contributed by atoms with Gasteiger partial charge in [-0.2, -0.15) is 0 Å². The van der Waals surface area contributed by atoms with Crippen LogP contribution in [-0.2, 0) is 13.1 Å². The summed E-state index contributed by atoms with van der Waals surface area (Å²) in [4.78, 5) is 0. The predicted molar refractivity (Wildman–Crippen MR) is 57.3 cm³/mol. The number of nitrogens with one attached hydrogen (secondary N) is 1. The highest BCUT2D eigenvalue weighted by Crippen LogP contribution is 2.26. The van der Waals surface area contributed by atoms with Gasteiger partial charge in [0.15, 0.2) is 0 Å². The van der Waals surface area contributed by atoms with E-state index in [0.717, 1.165) is 31.9 Å². The van der Waals surface area contributed by atoms with Gasteiger partial charge in [-0.1, -0.05) is 18.2 Å². The molecule has 1 aromatic rings. The zero-order valence-electron chi connectivity index (χ0n) is 8.25. The molecule has 1 aliphatic rings. The van der Waals surface area contributed by atoms with Crippen molar-refractivity contribution in [2.45, 2.75) is 19.5 Å². The molecule has 2 rings (SSSR count). The van der Waals surface area contributed by atoms with E-state index in [1.165, 1.54) is 11.1 Å². The Kier molecular flexibility index (Phi) is 2.84. The molecule has 0 saturated carbocycles. The molecule has 0 atom stereocenters. The summed E-state index contributed by atoms with van der Waals surface area (Å²) < 4.78 is 5.68. The first-order valence-corrected chi connectivity index (χ1v) is 4.97. The minimum Gasteiger partial charge on any atom is -0.493 e. The minimum absolute atomic E-state index is 0.722. The summed E-state index contributed by atoms with van der Waals surface area (Å²) in [5.74, 6) is 1.02. The van der Waals surface area contributed by atoms with E-state index in [-0.39, 0.29) is 0 Å². The smallest absolute Gasteiger partial charge is 0.124 e. The van der Waals surface area contributed by atoms with Gasteiger partial charge in [0.05, 0.1) is 6.61 Å². The third-order valence-corrected chi connectivity index (χ3v) is 2.43. The van der Waals surface area contributed by atoms with Crippen molar-refractivity contribution in [1.29, 1.82) is 0 Å². The molecule has 0 saturated heterocycles. The van der Waals surface area contributed by atoms with Gasteiger partial charge in [-0.25, -0.2) is 0 Å². The van der Waals surface area contributed by atoms with Gasteiger partial charge in [-0.05, 0) is 18.1 Å². The fourth-order valence-electron chi connectivity index (χ4n) is 1.69. The Morgan fingerprint density at radius 2 is 2.36 bits per heavy atom. The standard InChI is InChI=1S/C12H15NO/c1-2-3-7-14-12-6-4-5-10-8-13-9-11(10)12/h2,4-6,13H,1,3,7-9H2. The number of ether oxygens (including phenoxy) is 1. The molecule has 14 heavy (non-hydrogen) atoms. The molecule has 74 valence electrons. The summed E-state index contributed by atoms with van der Waals surface area (Å²) in [6.07, 6.45) is 2.78. The zero-order chi connectivity index (χ0) is 9.80. The number of benzene rings is 1. The monoisotopic (exact) mass is 189 g/mol. The van der Waals surface area contributed by atoms with E-state index in [4.69, 9.17) is 4.74 Å². The summed E-state index contributed by atoms with van der Waals surface area (Å²) in [6, 6.07) is 6.24. The van der Waals surface area contributed by atoms with Crippen LogP contribution < -0.4 is 10.1 Å². The van der Waals surface area contributed by atoms with Crippen LogP contribution in [0.5, 0.6) is 5.75 Å². The van der Waals surface area contributed by atoms with Crippen molar-refractivity contribution in [3.8, 4) is 5.75 Å². The lowest BCUT2D eigenvalue weighted by atomic mass is 10.1. The van der Waals surface area contributed by atoms with Gasteiger partial charge in [0, 0.05) is 18.7 Å². The summed E-state index contributed by atoms with van der Waals surface area (Å²) in [5, 5.41) is 3.32.